The fraction of sp³-hybridized carbons (Fsp3) is 0.143. The average Bonchev–Trinajstić information content (AvgIpc) is 3.24. The number of nitrogens with zero attached hydrogens (tertiary/aromatic N) is 1. The van der Waals surface area contributed by atoms with E-state index in [1.165, 1.54) is 47.9 Å². The molecule has 9 heteroatoms. The highest BCUT2D eigenvalue weighted by atomic mass is 32.2. The SMILES string of the molecule is CCCOc1ccc(C=CC(=O)Nc2ccc(S(=O)(=O)Nc3nccs3)cc2)cc1. The zero-order chi connectivity index (χ0) is 21.4. The van der Waals surface area contributed by atoms with Gasteiger partial charge in [0.05, 0.1) is 11.5 Å². The Morgan fingerprint density at radius 3 is 2.50 bits per heavy atom. The molecule has 0 saturated carbocycles. The maximum atomic E-state index is 12.3. The highest BCUT2D eigenvalue weighted by Crippen LogP contribution is 2.19. The van der Waals surface area contributed by atoms with Crippen molar-refractivity contribution in [2.75, 3.05) is 16.6 Å². The third-order valence-electron chi connectivity index (χ3n) is 3.87. The topological polar surface area (TPSA) is 97.4 Å². The van der Waals surface area contributed by atoms with Crippen molar-refractivity contribution in [3.8, 4) is 5.75 Å². The Morgan fingerprint density at radius 1 is 1.13 bits per heavy atom. The highest BCUT2D eigenvalue weighted by Gasteiger charge is 2.15. The summed E-state index contributed by atoms with van der Waals surface area (Å²) in [6.07, 6.45) is 5.56. The van der Waals surface area contributed by atoms with Crippen molar-refractivity contribution in [3.63, 3.8) is 0 Å². The Hall–Kier alpha value is -3.17. The number of hydrogen-bond acceptors (Lipinski definition) is 6. The predicted octanol–water partition coefficient (Wildman–Crippen LogP) is 4.38. The van der Waals surface area contributed by atoms with Crippen molar-refractivity contribution >= 4 is 44.2 Å². The quantitative estimate of drug-likeness (QED) is 0.478. The Morgan fingerprint density at radius 2 is 1.87 bits per heavy atom. The largest absolute Gasteiger partial charge is 0.494 e. The zero-order valence-electron chi connectivity index (χ0n) is 16.2. The fourth-order valence-corrected chi connectivity index (χ4v) is 4.20. The molecule has 1 aromatic heterocycles. The van der Waals surface area contributed by atoms with E-state index in [0.717, 1.165) is 17.7 Å². The number of carbonyl (C=O) groups is 1. The maximum Gasteiger partial charge on any atom is 0.263 e. The van der Waals surface area contributed by atoms with E-state index in [2.05, 4.69) is 15.0 Å². The van der Waals surface area contributed by atoms with Crippen LogP contribution in [0, 0.1) is 0 Å². The minimum atomic E-state index is -3.72. The van der Waals surface area contributed by atoms with Crippen LogP contribution in [0.2, 0.25) is 0 Å². The Bertz CT molecular complexity index is 1090. The van der Waals surface area contributed by atoms with Gasteiger partial charge < -0.3 is 10.1 Å². The number of anilines is 2. The Kier molecular flexibility index (Phi) is 7.21. The second-order valence-electron chi connectivity index (χ2n) is 6.21. The van der Waals surface area contributed by atoms with Crippen LogP contribution in [0.25, 0.3) is 6.08 Å². The molecule has 0 spiro atoms. The number of nitrogens with one attached hydrogen (secondary N) is 2. The van der Waals surface area contributed by atoms with Crippen molar-refractivity contribution < 1.29 is 17.9 Å². The third-order valence-corrected chi connectivity index (χ3v) is 6.04. The number of thiazole rings is 1. The van der Waals surface area contributed by atoms with Crippen LogP contribution >= 0.6 is 11.3 Å². The molecule has 2 aromatic carbocycles. The molecule has 0 fully saturated rings. The minimum Gasteiger partial charge on any atom is -0.494 e. The standard InChI is InChI=1S/C21H21N3O4S2/c1-2-14-28-18-8-3-16(4-9-18)5-12-20(25)23-17-6-10-19(11-7-17)30(26,27)24-21-22-13-15-29-21/h3-13,15H,2,14H2,1H3,(H,22,24)(H,23,25). The minimum absolute atomic E-state index is 0.0802. The Balaban J connectivity index is 1.57. The van der Waals surface area contributed by atoms with Gasteiger partial charge in [0.2, 0.25) is 5.91 Å². The van der Waals surface area contributed by atoms with Crippen LogP contribution < -0.4 is 14.8 Å². The summed E-state index contributed by atoms with van der Waals surface area (Å²) in [5.41, 5.74) is 1.35. The molecule has 0 atom stereocenters. The molecule has 0 bridgehead atoms. The van der Waals surface area contributed by atoms with E-state index in [0.29, 0.717) is 17.4 Å². The first-order chi connectivity index (χ1) is 14.5. The molecule has 30 heavy (non-hydrogen) atoms. The number of sulfonamides is 1. The zero-order valence-corrected chi connectivity index (χ0v) is 17.9. The first kappa shape index (κ1) is 21.5. The lowest BCUT2D eigenvalue weighted by Gasteiger charge is -2.07. The van der Waals surface area contributed by atoms with Gasteiger partial charge >= 0.3 is 0 Å². The second kappa shape index (κ2) is 10.0. The number of ether oxygens (including phenoxy) is 1. The lowest BCUT2D eigenvalue weighted by Crippen LogP contribution is -2.13. The van der Waals surface area contributed by atoms with Crippen molar-refractivity contribution in [2.24, 2.45) is 0 Å². The summed E-state index contributed by atoms with van der Waals surface area (Å²) in [5, 5.41) is 4.67. The maximum absolute atomic E-state index is 12.3. The van der Waals surface area contributed by atoms with Crippen LogP contribution in [0.3, 0.4) is 0 Å². The molecule has 0 aliphatic heterocycles. The van der Waals surface area contributed by atoms with E-state index < -0.39 is 10.0 Å². The molecule has 0 unspecified atom stereocenters. The molecule has 0 saturated heterocycles. The van der Waals surface area contributed by atoms with Gasteiger partial charge in [0, 0.05) is 23.3 Å². The molecule has 156 valence electrons. The highest BCUT2D eigenvalue weighted by molar-refractivity contribution is 7.93. The van der Waals surface area contributed by atoms with Gasteiger partial charge in [-0.05, 0) is 54.5 Å². The van der Waals surface area contributed by atoms with Crippen LogP contribution in [-0.4, -0.2) is 25.9 Å². The van der Waals surface area contributed by atoms with E-state index >= 15 is 0 Å². The van der Waals surface area contributed by atoms with Gasteiger partial charge in [0.1, 0.15) is 5.75 Å². The monoisotopic (exact) mass is 443 g/mol. The van der Waals surface area contributed by atoms with Gasteiger partial charge in [0.15, 0.2) is 5.13 Å². The fourth-order valence-electron chi connectivity index (χ4n) is 2.42. The summed E-state index contributed by atoms with van der Waals surface area (Å²) in [5.74, 6) is 0.468. The van der Waals surface area contributed by atoms with E-state index in [1.807, 2.05) is 31.2 Å². The molecule has 0 radical (unpaired) electrons. The number of carbonyl (C=O) groups excluding carboxylic acids is 1. The summed E-state index contributed by atoms with van der Waals surface area (Å²) in [6, 6.07) is 13.3. The van der Waals surface area contributed by atoms with Crippen molar-refractivity contribution in [1.29, 1.82) is 0 Å². The van der Waals surface area contributed by atoms with Crippen molar-refractivity contribution in [2.45, 2.75) is 18.2 Å². The van der Waals surface area contributed by atoms with Gasteiger partial charge in [-0.25, -0.2) is 13.4 Å². The van der Waals surface area contributed by atoms with Gasteiger partial charge in [-0.3, -0.25) is 9.52 Å². The van der Waals surface area contributed by atoms with Crippen LogP contribution in [0.4, 0.5) is 10.8 Å². The molecule has 0 aliphatic rings. The molecule has 1 amide bonds. The summed E-state index contributed by atoms with van der Waals surface area (Å²) in [4.78, 5) is 16.1. The predicted molar refractivity (Wildman–Crippen MR) is 119 cm³/mol. The van der Waals surface area contributed by atoms with E-state index in [1.54, 1.807) is 11.5 Å². The molecule has 1 heterocycles. The molecular formula is C21H21N3O4S2. The lowest BCUT2D eigenvalue weighted by molar-refractivity contribution is -0.111. The van der Waals surface area contributed by atoms with E-state index in [4.69, 9.17) is 4.74 Å². The smallest absolute Gasteiger partial charge is 0.263 e. The molecule has 2 N–H and O–H groups in total. The lowest BCUT2D eigenvalue weighted by atomic mass is 10.2. The summed E-state index contributed by atoms with van der Waals surface area (Å²) < 4.78 is 32.6. The first-order valence-electron chi connectivity index (χ1n) is 9.20. The van der Waals surface area contributed by atoms with Gasteiger partial charge in [-0.15, -0.1) is 11.3 Å². The van der Waals surface area contributed by atoms with E-state index in [-0.39, 0.29) is 10.8 Å². The number of rotatable bonds is 9. The number of benzene rings is 2. The molecule has 0 aliphatic carbocycles. The van der Waals surface area contributed by atoms with Crippen LogP contribution in [0.15, 0.2) is 71.1 Å². The van der Waals surface area contributed by atoms with Crippen LogP contribution in [0.1, 0.15) is 18.9 Å². The normalized spacial score (nSPS) is 11.4. The summed E-state index contributed by atoms with van der Waals surface area (Å²) >= 11 is 1.19. The average molecular weight is 444 g/mol. The van der Waals surface area contributed by atoms with Gasteiger partial charge in [0.25, 0.3) is 10.0 Å². The van der Waals surface area contributed by atoms with Crippen LogP contribution in [-0.2, 0) is 14.8 Å². The third kappa shape index (κ3) is 6.16. The molecular weight excluding hydrogens is 422 g/mol. The van der Waals surface area contributed by atoms with Gasteiger partial charge in [-0.1, -0.05) is 19.1 Å². The van der Waals surface area contributed by atoms with Crippen LogP contribution in [0.5, 0.6) is 5.75 Å². The number of amides is 1. The van der Waals surface area contributed by atoms with Crippen molar-refractivity contribution in [3.05, 3.63) is 71.7 Å². The number of hydrogen-bond donors (Lipinski definition) is 2. The van der Waals surface area contributed by atoms with Gasteiger partial charge in [-0.2, -0.15) is 0 Å². The van der Waals surface area contributed by atoms with Crippen molar-refractivity contribution in [1.82, 2.24) is 4.98 Å². The molecule has 3 rings (SSSR count). The van der Waals surface area contributed by atoms with E-state index in [9.17, 15) is 13.2 Å². The summed E-state index contributed by atoms with van der Waals surface area (Å²) in [7, 11) is -3.72. The number of aromatic nitrogens is 1. The molecule has 7 nitrogen and oxygen atoms in total. The Labute approximate surface area is 179 Å². The molecule has 3 aromatic rings. The second-order valence-corrected chi connectivity index (χ2v) is 8.78. The summed E-state index contributed by atoms with van der Waals surface area (Å²) in [6.45, 7) is 2.71. The first-order valence-corrected chi connectivity index (χ1v) is 11.6.